The van der Waals surface area contributed by atoms with Crippen LogP contribution in [-0.4, -0.2) is 16.1 Å². The Hall–Kier alpha value is -1.42. The van der Waals surface area contributed by atoms with Gasteiger partial charge in [-0.1, -0.05) is 12.1 Å². The van der Waals surface area contributed by atoms with Gasteiger partial charge in [0.1, 0.15) is 0 Å². The van der Waals surface area contributed by atoms with E-state index in [-0.39, 0.29) is 16.7 Å². The number of aryl methyl sites for hydroxylation is 2. The van der Waals surface area contributed by atoms with Crippen molar-refractivity contribution in [2.75, 3.05) is 0 Å². The lowest BCUT2D eigenvalue weighted by atomic mass is 10.0. The van der Waals surface area contributed by atoms with Gasteiger partial charge in [0, 0.05) is 11.6 Å². The molecule has 1 aromatic carbocycles. The van der Waals surface area contributed by atoms with E-state index in [4.69, 9.17) is 5.11 Å². The van der Waals surface area contributed by atoms with E-state index in [1.54, 1.807) is 26.0 Å². The molecule has 15 heavy (non-hydrogen) atoms. The van der Waals surface area contributed by atoms with Gasteiger partial charge in [-0.2, -0.15) is 0 Å². The summed E-state index contributed by atoms with van der Waals surface area (Å²) in [5.41, 5.74) is 1.71. The summed E-state index contributed by atoms with van der Waals surface area (Å²) in [6, 6.07) is 5.19. The summed E-state index contributed by atoms with van der Waals surface area (Å²) in [4.78, 5) is 10.3. The number of rotatable bonds is 4. The van der Waals surface area contributed by atoms with Gasteiger partial charge < -0.3 is 5.11 Å². The Kier molecular flexibility index (Phi) is 3.80. The van der Waals surface area contributed by atoms with E-state index in [9.17, 15) is 10.1 Å². The normalized spacial score (nSPS) is 12.5. The van der Waals surface area contributed by atoms with Gasteiger partial charge in [0.15, 0.2) is 0 Å². The first-order valence-electron chi connectivity index (χ1n) is 4.92. The third-order valence-corrected chi connectivity index (χ3v) is 2.32. The minimum atomic E-state index is -0.374. The second-order valence-electron chi connectivity index (χ2n) is 3.77. The zero-order valence-corrected chi connectivity index (χ0v) is 8.93. The lowest BCUT2D eigenvalue weighted by Crippen LogP contribution is -2.02. The number of nitro benzene ring substituents is 1. The van der Waals surface area contributed by atoms with E-state index in [2.05, 4.69) is 0 Å². The lowest BCUT2D eigenvalue weighted by Gasteiger charge is -2.05. The van der Waals surface area contributed by atoms with Crippen LogP contribution in [0.15, 0.2) is 18.2 Å². The van der Waals surface area contributed by atoms with Crippen LogP contribution < -0.4 is 0 Å². The van der Waals surface area contributed by atoms with Crippen molar-refractivity contribution in [1.29, 1.82) is 0 Å². The van der Waals surface area contributed by atoms with Crippen LogP contribution in [-0.2, 0) is 6.42 Å². The molecular weight excluding hydrogens is 194 g/mol. The molecule has 1 N–H and O–H groups in total. The Morgan fingerprint density at radius 3 is 2.73 bits per heavy atom. The van der Waals surface area contributed by atoms with Crippen molar-refractivity contribution in [2.24, 2.45) is 0 Å². The van der Waals surface area contributed by atoms with Crippen molar-refractivity contribution in [1.82, 2.24) is 0 Å². The lowest BCUT2D eigenvalue weighted by molar-refractivity contribution is -0.385. The summed E-state index contributed by atoms with van der Waals surface area (Å²) in [6.45, 7) is 3.43. The van der Waals surface area contributed by atoms with Crippen molar-refractivity contribution in [3.05, 3.63) is 39.4 Å². The molecule has 4 nitrogen and oxygen atoms in total. The molecule has 0 amide bonds. The summed E-state index contributed by atoms with van der Waals surface area (Å²) in [6.07, 6.45) is 0.921. The zero-order chi connectivity index (χ0) is 11.4. The first-order valence-corrected chi connectivity index (χ1v) is 4.92. The molecular formula is C11H15NO3. The van der Waals surface area contributed by atoms with Gasteiger partial charge in [0.25, 0.3) is 5.69 Å². The highest BCUT2D eigenvalue weighted by atomic mass is 16.6. The highest BCUT2D eigenvalue weighted by Gasteiger charge is 2.10. The summed E-state index contributed by atoms with van der Waals surface area (Å²) in [5.74, 6) is 0. The monoisotopic (exact) mass is 209 g/mol. The molecule has 0 unspecified atom stereocenters. The maximum atomic E-state index is 10.7. The summed E-state index contributed by atoms with van der Waals surface area (Å²) < 4.78 is 0. The van der Waals surface area contributed by atoms with Gasteiger partial charge in [0.2, 0.25) is 0 Å². The summed E-state index contributed by atoms with van der Waals surface area (Å²) >= 11 is 0. The fourth-order valence-corrected chi connectivity index (χ4v) is 1.38. The minimum Gasteiger partial charge on any atom is -0.393 e. The predicted octanol–water partition coefficient (Wildman–Crippen LogP) is 2.22. The Labute approximate surface area is 88.7 Å². The first kappa shape index (κ1) is 11.7. The molecule has 1 aromatic rings. The van der Waals surface area contributed by atoms with Crippen LogP contribution in [0.2, 0.25) is 0 Å². The molecule has 0 bridgehead atoms. The molecule has 0 saturated heterocycles. The van der Waals surface area contributed by atoms with Crippen molar-refractivity contribution in [2.45, 2.75) is 32.8 Å². The van der Waals surface area contributed by atoms with Gasteiger partial charge in [-0.3, -0.25) is 10.1 Å². The van der Waals surface area contributed by atoms with Crippen molar-refractivity contribution < 1.29 is 10.0 Å². The smallest absolute Gasteiger partial charge is 0.272 e. The summed E-state index contributed by atoms with van der Waals surface area (Å²) in [5, 5.41) is 19.8. The number of hydrogen-bond acceptors (Lipinski definition) is 3. The Morgan fingerprint density at radius 2 is 2.20 bits per heavy atom. The van der Waals surface area contributed by atoms with Crippen LogP contribution in [0.1, 0.15) is 24.5 Å². The number of nitro groups is 1. The van der Waals surface area contributed by atoms with E-state index in [0.717, 1.165) is 5.56 Å². The second kappa shape index (κ2) is 4.89. The molecule has 0 fully saturated rings. The highest BCUT2D eigenvalue weighted by Crippen LogP contribution is 2.20. The first-order chi connectivity index (χ1) is 7.00. The van der Waals surface area contributed by atoms with E-state index in [0.29, 0.717) is 18.4 Å². The number of nitrogens with zero attached hydrogens (tertiary/aromatic N) is 1. The highest BCUT2D eigenvalue weighted by molar-refractivity contribution is 5.42. The van der Waals surface area contributed by atoms with Gasteiger partial charge in [0.05, 0.1) is 11.0 Å². The fraction of sp³-hybridized carbons (Fsp3) is 0.455. The van der Waals surface area contributed by atoms with Gasteiger partial charge >= 0.3 is 0 Å². The molecule has 0 heterocycles. The minimum absolute atomic E-state index is 0.151. The maximum absolute atomic E-state index is 10.7. The molecule has 0 aliphatic heterocycles. The molecule has 82 valence electrons. The van der Waals surface area contributed by atoms with Crippen molar-refractivity contribution in [3.8, 4) is 0 Å². The molecule has 0 spiro atoms. The fourth-order valence-electron chi connectivity index (χ4n) is 1.38. The van der Waals surface area contributed by atoms with Crippen LogP contribution >= 0.6 is 0 Å². The number of aliphatic hydroxyl groups excluding tert-OH is 1. The quantitative estimate of drug-likeness (QED) is 0.610. The Bertz CT molecular complexity index is 361. The molecule has 0 radical (unpaired) electrons. The average molecular weight is 209 g/mol. The van der Waals surface area contributed by atoms with E-state index in [1.165, 1.54) is 0 Å². The standard InChI is InChI=1S/C11H15NO3/c1-8-3-5-10(6-4-9(2)13)7-11(8)12(14)15/h3,5,7,9,13H,4,6H2,1-2H3/t9-/m0/s1. The van der Waals surface area contributed by atoms with E-state index in [1.807, 2.05) is 6.07 Å². The van der Waals surface area contributed by atoms with Crippen LogP contribution in [0.25, 0.3) is 0 Å². The Morgan fingerprint density at radius 1 is 1.53 bits per heavy atom. The third kappa shape index (κ3) is 3.32. The topological polar surface area (TPSA) is 63.4 Å². The van der Waals surface area contributed by atoms with Crippen LogP contribution in [0.3, 0.4) is 0 Å². The molecule has 0 saturated carbocycles. The van der Waals surface area contributed by atoms with E-state index < -0.39 is 0 Å². The largest absolute Gasteiger partial charge is 0.393 e. The summed E-state index contributed by atoms with van der Waals surface area (Å²) in [7, 11) is 0. The molecule has 0 aliphatic carbocycles. The van der Waals surface area contributed by atoms with Crippen LogP contribution in [0.4, 0.5) is 5.69 Å². The molecule has 1 rings (SSSR count). The Balaban J connectivity index is 2.83. The van der Waals surface area contributed by atoms with Gasteiger partial charge in [-0.15, -0.1) is 0 Å². The van der Waals surface area contributed by atoms with Crippen LogP contribution in [0, 0.1) is 17.0 Å². The molecule has 0 aromatic heterocycles. The predicted molar refractivity (Wildman–Crippen MR) is 57.8 cm³/mol. The average Bonchev–Trinajstić information content (AvgIpc) is 2.16. The van der Waals surface area contributed by atoms with Gasteiger partial charge in [-0.05, 0) is 32.3 Å². The van der Waals surface area contributed by atoms with E-state index >= 15 is 0 Å². The maximum Gasteiger partial charge on any atom is 0.272 e. The zero-order valence-electron chi connectivity index (χ0n) is 8.93. The SMILES string of the molecule is Cc1ccc(CC[C@H](C)O)cc1[N+](=O)[O-]. The van der Waals surface area contributed by atoms with Crippen molar-refractivity contribution >= 4 is 5.69 Å². The molecule has 4 heteroatoms. The molecule has 1 atom stereocenters. The third-order valence-electron chi connectivity index (χ3n) is 2.32. The van der Waals surface area contributed by atoms with Gasteiger partial charge in [-0.25, -0.2) is 0 Å². The number of aliphatic hydroxyl groups is 1. The number of benzene rings is 1. The second-order valence-corrected chi connectivity index (χ2v) is 3.77. The van der Waals surface area contributed by atoms with Crippen molar-refractivity contribution in [3.63, 3.8) is 0 Å². The van der Waals surface area contributed by atoms with Crippen LogP contribution in [0.5, 0.6) is 0 Å². The molecule has 0 aliphatic rings. The number of hydrogen-bond donors (Lipinski definition) is 1.